The number of ether oxygens (including phenoxy) is 1. The van der Waals surface area contributed by atoms with Gasteiger partial charge in [0, 0.05) is 30.8 Å². The molecule has 0 spiro atoms. The Labute approximate surface area is 152 Å². The second-order valence-corrected chi connectivity index (χ2v) is 5.55. The number of aromatic nitrogens is 2. The number of hydrogen-bond acceptors (Lipinski definition) is 5. The van der Waals surface area contributed by atoms with Crippen LogP contribution in [0, 0.1) is 0 Å². The molecule has 1 amide bonds. The number of carbonyl (C=O) groups is 1. The van der Waals surface area contributed by atoms with E-state index in [0.717, 1.165) is 11.3 Å². The van der Waals surface area contributed by atoms with Crippen LogP contribution < -0.4 is 15.4 Å². The van der Waals surface area contributed by atoms with Gasteiger partial charge in [0.2, 0.25) is 0 Å². The van der Waals surface area contributed by atoms with Crippen LogP contribution in [0.25, 0.3) is 0 Å². The van der Waals surface area contributed by atoms with E-state index >= 15 is 0 Å². The second-order valence-electron chi connectivity index (χ2n) is 5.55. The van der Waals surface area contributed by atoms with Crippen LogP contribution in [-0.2, 0) is 6.54 Å². The number of pyridine rings is 2. The number of para-hydroxylation sites is 1. The Hall–Kier alpha value is -3.41. The van der Waals surface area contributed by atoms with E-state index in [1.807, 2.05) is 36.4 Å². The molecule has 0 atom stereocenters. The fourth-order valence-electron chi connectivity index (χ4n) is 2.40. The number of benzene rings is 1. The van der Waals surface area contributed by atoms with Crippen LogP contribution in [-0.4, -0.2) is 29.0 Å². The molecule has 0 radical (unpaired) electrons. The van der Waals surface area contributed by atoms with E-state index in [-0.39, 0.29) is 5.91 Å². The highest BCUT2D eigenvalue weighted by Crippen LogP contribution is 2.16. The molecule has 3 rings (SSSR count). The molecule has 0 unspecified atom stereocenters. The van der Waals surface area contributed by atoms with Gasteiger partial charge in [0.1, 0.15) is 12.4 Å². The van der Waals surface area contributed by atoms with Gasteiger partial charge in [-0.1, -0.05) is 18.2 Å². The van der Waals surface area contributed by atoms with E-state index in [0.29, 0.717) is 31.0 Å². The molecular formula is C20H20N4O2. The maximum absolute atomic E-state index is 12.5. The Balaban J connectivity index is 1.52. The van der Waals surface area contributed by atoms with Crippen molar-refractivity contribution in [3.8, 4) is 5.75 Å². The molecule has 6 heteroatoms. The first kappa shape index (κ1) is 17.4. The van der Waals surface area contributed by atoms with E-state index in [1.54, 1.807) is 36.9 Å². The van der Waals surface area contributed by atoms with E-state index < -0.39 is 0 Å². The quantitative estimate of drug-likeness (QED) is 0.612. The molecule has 0 saturated carbocycles. The van der Waals surface area contributed by atoms with Crippen molar-refractivity contribution >= 4 is 11.6 Å². The molecule has 0 aliphatic rings. The van der Waals surface area contributed by atoms with E-state index in [1.165, 1.54) is 0 Å². The van der Waals surface area contributed by atoms with Gasteiger partial charge in [0.15, 0.2) is 0 Å². The number of nitrogens with one attached hydrogen (secondary N) is 2. The van der Waals surface area contributed by atoms with Gasteiger partial charge in [-0.05, 0) is 35.9 Å². The number of rotatable bonds is 8. The van der Waals surface area contributed by atoms with Crippen molar-refractivity contribution in [2.24, 2.45) is 0 Å². The SMILES string of the molecule is O=C(NCCOc1cccnc1)c1ccccc1NCc1cccnc1. The molecular weight excluding hydrogens is 328 g/mol. The molecule has 2 aromatic heterocycles. The molecule has 1 aromatic carbocycles. The van der Waals surface area contributed by atoms with Gasteiger partial charge >= 0.3 is 0 Å². The highest BCUT2D eigenvalue weighted by atomic mass is 16.5. The van der Waals surface area contributed by atoms with Gasteiger partial charge in [-0.15, -0.1) is 0 Å². The fraction of sp³-hybridized carbons (Fsp3) is 0.150. The van der Waals surface area contributed by atoms with Gasteiger partial charge in [0.05, 0.1) is 18.3 Å². The monoisotopic (exact) mass is 348 g/mol. The molecule has 26 heavy (non-hydrogen) atoms. The molecule has 2 N–H and O–H groups in total. The van der Waals surface area contributed by atoms with Gasteiger partial charge < -0.3 is 15.4 Å². The first-order chi connectivity index (χ1) is 12.8. The number of carbonyl (C=O) groups excluding carboxylic acids is 1. The Bertz CT molecular complexity index is 825. The largest absolute Gasteiger partial charge is 0.490 e. The zero-order valence-corrected chi connectivity index (χ0v) is 14.3. The zero-order chi connectivity index (χ0) is 18.0. The lowest BCUT2D eigenvalue weighted by molar-refractivity contribution is 0.0947. The fourth-order valence-corrected chi connectivity index (χ4v) is 2.40. The van der Waals surface area contributed by atoms with Crippen molar-refractivity contribution in [1.29, 1.82) is 0 Å². The van der Waals surface area contributed by atoms with Crippen LogP contribution in [0.1, 0.15) is 15.9 Å². The third-order valence-electron chi connectivity index (χ3n) is 3.67. The highest BCUT2D eigenvalue weighted by Gasteiger charge is 2.10. The maximum Gasteiger partial charge on any atom is 0.253 e. The van der Waals surface area contributed by atoms with E-state index in [2.05, 4.69) is 20.6 Å². The Morgan fingerprint density at radius 3 is 2.54 bits per heavy atom. The summed E-state index contributed by atoms with van der Waals surface area (Å²) in [6.07, 6.45) is 6.85. The summed E-state index contributed by atoms with van der Waals surface area (Å²) in [4.78, 5) is 20.5. The summed E-state index contributed by atoms with van der Waals surface area (Å²) in [5.41, 5.74) is 2.42. The predicted octanol–water partition coefficient (Wildman–Crippen LogP) is 2.90. The summed E-state index contributed by atoms with van der Waals surface area (Å²) in [5, 5.41) is 6.16. The minimum absolute atomic E-state index is 0.144. The average molecular weight is 348 g/mol. The number of anilines is 1. The van der Waals surface area contributed by atoms with Crippen LogP contribution in [0.4, 0.5) is 5.69 Å². The van der Waals surface area contributed by atoms with Crippen molar-refractivity contribution in [2.45, 2.75) is 6.54 Å². The molecule has 3 aromatic rings. The number of hydrogen-bond donors (Lipinski definition) is 2. The van der Waals surface area contributed by atoms with Crippen molar-refractivity contribution in [3.63, 3.8) is 0 Å². The summed E-state index contributed by atoms with van der Waals surface area (Å²) in [6, 6.07) is 14.9. The van der Waals surface area contributed by atoms with Crippen LogP contribution in [0.2, 0.25) is 0 Å². The second kappa shape index (κ2) is 9.17. The van der Waals surface area contributed by atoms with Crippen LogP contribution in [0.3, 0.4) is 0 Å². The minimum Gasteiger partial charge on any atom is -0.490 e. The molecule has 6 nitrogen and oxygen atoms in total. The molecule has 0 saturated heterocycles. The topological polar surface area (TPSA) is 76.1 Å². The molecule has 0 aliphatic carbocycles. The smallest absolute Gasteiger partial charge is 0.253 e. The van der Waals surface area contributed by atoms with Crippen LogP contribution in [0.5, 0.6) is 5.75 Å². The summed E-state index contributed by atoms with van der Waals surface area (Å²) >= 11 is 0. The van der Waals surface area contributed by atoms with Gasteiger partial charge in [-0.2, -0.15) is 0 Å². The summed E-state index contributed by atoms with van der Waals surface area (Å²) < 4.78 is 5.53. The molecule has 0 fully saturated rings. The van der Waals surface area contributed by atoms with E-state index in [9.17, 15) is 4.79 Å². The average Bonchev–Trinajstić information content (AvgIpc) is 2.71. The molecule has 132 valence electrons. The molecule has 0 aliphatic heterocycles. The third kappa shape index (κ3) is 5.04. The minimum atomic E-state index is -0.144. The van der Waals surface area contributed by atoms with Crippen molar-refractivity contribution in [2.75, 3.05) is 18.5 Å². The molecule has 0 bridgehead atoms. The zero-order valence-electron chi connectivity index (χ0n) is 14.3. The Morgan fingerprint density at radius 2 is 1.77 bits per heavy atom. The normalized spacial score (nSPS) is 10.2. The lowest BCUT2D eigenvalue weighted by Crippen LogP contribution is -2.28. The predicted molar refractivity (Wildman–Crippen MR) is 100 cm³/mol. The highest BCUT2D eigenvalue weighted by molar-refractivity contribution is 5.99. The van der Waals surface area contributed by atoms with Crippen LogP contribution in [0.15, 0.2) is 73.3 Å². The summed E-state index contributed by atoms with van der Waals surface area (Å²) in [5.74, 6) is 0.536. The van der Waals surface area contributed by atoms with Crippen molar-refractivity contribution < 1.29 is 9.53 Å². The maximum atomic E-state index is 12.5. The summed E-state index contributed by atoms with van der Waals surface area (Å²) in [6.45, 7) is 1.38. The van der Waals surface area contributed by atoms with Gasteiger partial charge in [-0.3, -0.25) is 14.8 Å². The third-order valence-corrected chi connectivity index (χ3v) is 3.67. The Morgan fingerprint density at radius 1 is 0.962 bits per heavy atom. The van der Waals surface area contributed by atoms with E-state index in [4.69, 9.17) is 4.74 Å². The lowest BCUT2D eigenvalue weighted by atomic mass is 10.1. The Kier molecular flexibility index (Phi) is 6.14. The van der Waals surface area contributed by atoms with Gasteiger partial charge in [0.25, 0.3) is 5.91 Å². The molecule has 2 heterocycles. The van der Waals surface area contributed by atoms with Crippen molar-refractivity contribution in [1.82, 2.24) is 15.3 Å². The standard InChI is InChI=1S/C20H20N4O2/c25-20(23-11-12-26-17-6-4-10-22-15-17)18-7-1-2-8-19(18)24-14-16-5-3-9-21-13-16/h1-10,13,15,24H,11-12,14H2,(H,23,25). The summed E-state index contributed by atoms with van der Waals surface area (Å²) in [7, 11) is 0. The van der Waals surface area contributed by atoms with Crippen molar-refractivity contribution in [3.05, 3.63) is 84.4 Å². The van der Waals surface area contributed by atoms with Gasteiger partial charge in [-0.25, -0.2) is 0 Å². The number of nitrogens with zero attached hydrogens (tertiary/aromatic N) is 2. The lowest BCUT2D eigenvalue weighted by Gasteiger charge is -2.12. The number of amides is 1. The first-order valence-corrected chi connectivity index (χ1v) is 8.36. The first-order valence-electron chi connectivity index (χ1n) is 8.36. The van der Waals surface area contributed by atoms with Crippen LogP contribution >= 0.6 is 0 Å².